The highest BCUT2D eigenvalue weighted by molar-refractivity contribution is 5.33. The Morgan fingerprint density at radius 1 is 1.10 bits per heavy atom. The molecule has 1 aromatic carbocycles. The van der Waals surface area contributed by atoms with Crippen molar-refractivity contribution in [2.24, 2.45) is 5.92 Å². The monoisotopic (exact) mass is 285 g/mol. The summed E-state index contributed by atoms with van der Waals surface area (Å²) in [7, 11) is 0. The fourth-order valence-electron chi connectivity index (χ4n) is 3.16. The van der Waals surface area contributed by atoms with Crippen molar-refractivity contribution >= 4 is 0 Å². The van der Waals surface area contributed by atoms with E-state index in [-0.39, 0.29) is 6.67 Å². The maximum Gasteiger partial charge on any atom is 0.0991 e. The second kappa shape index (κ2) is 8.62. The van der Waals surface area contributed by atoms with Crippen molar-refractivity contribution in [2.45, 2.75) is 50.9 Å². The summed E-state index contributed by atoms with van der Waals surface area (Å²) in [4.78, 5) is 0. The third kappa shape index (κ3) is 5.01. The number of halogens is 1. The molecular formula is C19H24FN. The molecule has 1 nitrogen and oxygen atoms in total. The molecule has 1 aliphatic carbocycles. The highest BCUT2D eigenvalue weighted by atomic mass is 19.1. The Kier molecular flexibility index (Phi) is 6.47. The molecule has 2 rings (SSSR count). The van der Waals surface area contributed by atoms with Crippen LogP contribution >= 0.6 is 0 Å². The summed E-state index contributed by atoms with van der Waals surface area (Å²) in [6.07, 6.45) is 12.1. The van der Waals surface area contributed by atoms with Gasteiger partial charge in [0.15, 0.2) is 0 Å². The number of hydrogen-bond donors (Lipinski definition) is 0. The van der Waals surface area contributed by atoms with Crippen molar-refractivity contribution in [3.63, 3.8) is 0 Å². The van der Waals surface area contributed by atoms with Crippen LogP contribution in [0.3, 0.4) is 0 Å². The smallest absolute Gasteiger partial charge is 0.0991 e. The molecule has 1 aliphatic rings. The van der Waals surface area contributed by atoms with Gasteiger partial charge < -0.3 is 0 Å². The molecule has 2 heteroatoms. The summed E-state index contributed by atoms with van der Waals surface area (Å²) in [5.41, 5.74) is 2.12. The lowest BCUT2D eigenvalue weighted by atomic mass is 9.77. The van der Waals surface area contributed by atoms with E-state index in [1.807, 2.05) is 12.1 Å². The third-order valence-corrected chi connectivity index (χ3v) is 4.50. The van der Waals surface area contributed by atoms with Crippen molar-refractivity contribution in [3.05, 3.63) is 47.5 Å². The highest BCUT2D eigenvalue weighted by Gasteiger charge is 2.21. The first-order chi connectivity index (χ1) is 10.3. The van der Waals surface area contributed by atoms with Crippen LogP contribution in [0.4, 0.5) is 4.39 Å². The lowest BCUT2D eigenvalue weighted by Gasteiger charge is -2.28. The number of nitriles is 1. The third-order valence-electron chi connectivity index (χ3n) is 4.50. The van der Waals surface area contributed by atoms with Crippen molar-refractivity contribution in [3.8, 4) is 6.07 Å². The van der Waals surface area contributed by atoms with Crippen LogP contribution in [-0.2, 0) is 0 Å². The maximum absolute atomic E-state index is 12.0. The molecule has 21 heavy (non-hydrogen) atoms. The number of alkyl halides is 1. The first-order valence-corrected chi connectivity index (χ1v) is 8.04. The van der Waals surface area contributed by atoms with E-state index >= 15 is 0 Å². The van der Waals surface area contributed by atoms with Crippen molar-refractivity contribution in [1.82, 2.24) is 0 Å². The number of benzene rings is 1. The van der Waals surface area contributed by atoms with Crippen LogP contribution in [0.2, 0.25) is 0 Å². The van der Waals surface area contributed by atoms with Gasteiger partial charge in [-0.1, -0.05) is 24.3 Å². The molecule has 112 valence electrons. The Bertz CT molecular complexity index is 475. The van der Waals surface area contributed by atoms with E-state index in [2.05, 4.69) is 30.4 Å². The SMILES string of the molecule is N#Cc1ccc(C2CCC(C/C=C/CCCF)CC2)cc1. The number of allylic oxidation sites excluding steroid dienone is 2. The van der Waals surface area contributed by atoms with E-state index < -0.39 is 0 Å². The molecule has 1 saturated carbocycles. The fourth-order valence-corrected chi connectivity index (χ4v) is 3.16. The van der Waals surface area contributed by atoms with Gasteiger partial charge in [0, 0.05) is 0 Å². The van der Waals surface area contributed by atoms with Crippen LogP contribution in [0.15, 0.2) is 36.4 Å². The molecule has 0 aromatic heterocycles. The highest BCUT2D eigenvalue weighted by Crippen LogP contribution is 2.37. The molecule has 0 spiro atoms. The minimum atomic E-state index is -0.208. The quantitative estimate of drug-likeness (QED) is 0.498. The van der Waals surface area contributed by atoms with Crippen LogP contribution in [0.5, 0.6) is 0 Å². The van der Waals surface area contributed by atoms with Crippen LogP contribution in [0.1, 0.15) is 62.0 Å². The largest absolute Gasteiger partial charge is 0.251 e. The van der Waals surface area contributed by atoms with Crippen molar-refractivity contribution < 1.29 is 4.39 Å². The standard InChI is InChI=1S/C19H24FN/c20-14-4-2-1-3-5-16-6-10-18(11-7-16)19-12-8-17(15-21)9-13-19/h1,3,8-9,12-13,16,18H,2,4-7,10-11,14H2/b3-1+. The summed E-state index contributed by atoms with van der Waals surface area (Å²) in [6, 6.07) is 10.2. The molecule has 0 heterocycles. The van der Waals surface area contributed by atoms with Gasteiger partial charge in [-0.25, -0.2) is 0 Å². The predicted octanol–water partition coefficient (Wildman–Crippen LogP) is 5.53. The Balaban J connectivity index is 1.75. The zero-order chi connectivity index (χ0) is 14.9. The summed E-state index contributed by atoms with van der Waals surface area (Å²) in [5, 5.41) is 8.83. The summed E-state index contributed by atoms with van der Waals surface area (Å²) >= 11 is 0. The normalized spacial score (nSPS) is 22.3. The molecule has 0 atom stereocenters. The van der Waals surface area contributed by atoms with E-state index in [1.165, 1.54) is 31.2 Å². The molecule has 0 radical (unpaired) electrons. The van der Waals surface area contributed by atoms with Crippen LogP contribution in [0, 0.1) is 17.2 Å². The molecule has 0 aliphatic heterocycles. The zero-order valence-electron chi connectivity index (χ0n) is 12.6. The van der Waals surface area contributed by atoms with Crippen LogP contribution in [-0.4, -0.2) is 6.67 Å². The minimum absolute atomic E-state index is 0.208. The fraction of sp³-hybridized carbons (Fsp3) is 0.526. The van der Waals surface area contributed by atoms with E-state index in [9.17, 15) is 4.39 Å². The predicted molar refractivity (Wildman–Crippen MR) is 84.8 cm³/mol. The number of nitrogens with zero attached hydrogens (tertiary/aromatic N) is 1. The van der Waals surface area contributed by atoms with Crippen LogP contribution in [0.25, 0.3) is 0 Å². The average Bonchev–Trinajstić information content (AvgIpc) is 2.55. The van der Waals surface area contributed by atoms with Gasteiger partial charge in [-0.3, -0.25) is 4.39 Å². The molecule has 0 amide bonds. The molecule has 0 unspecified atom stereocenters. The van der Waals surface area contributed by atoms with E-state index in [0.29, 0.717) is 12.3 Å². The number of rotatable bonds is 6. The second-order valence-corrected chi connectivity index (χ2v) is 5.99. The van der Waals surface area contributed by atoms with Crippen molar-refractivity contribution in [1.29, 1.82) is 5.26 Å². The Labute approximate surface area is 127 Å². The van der Waals surface area contributed by atoms with Gasteiger partial charge in [0.1, 0.15) is 0 Å². The van der Waals surface area contributed by atoms with Gasteiger partial charge in [0.2, 0.25) is 0 Å². The van der Waals surface area contributed by atoms with Gasteiger partial charge >= 0.3 is 0 Å². The lowest BCUT2D eigenvalue weighted by Crippen LogP contribution is -2.12. The summed E-state index contributed by atoms with van der Waals surface area (Å²) in [5.74, 6) is 1.45. The van der Waals surface area contributed by atoms with Gasteiger partial charge in [-0.2, -0.15) is 5.26 Å². The minimum Gasteiger partial charge on any atom is -0.251 e. The molecule has 0 N–H and O–H groups in total. The number of hydrogen-bond acceptors (Lipinski definition) is 1. The molecule has 0 saturated heterocycles. The first kappa shape index (κ1) is 15.8. The summed E-state index contributed by atoms with van der Waals surface area (Å²) in [6.45, 7) is -0.208. The van der Waals surface area contributed by atoms with Crippen LogP contribution < -0.4 is 0 Å². The molecule has 1 fully saturated rings. The van der Waals surface area contributed by atoms with E-state index in [1.54, 1.807) is 0 Å². The Hall–Kier alpha value is -1.62. The summed E-state index contributed by atoms with van der Waals surface area (Å²) < 4.78 is 12.0. The van der Waals surface area contributed by atoms with Gasteiger partial charge in [-0.05, 0) is 74.5 Å². The lowest BCUT2D eigenvalue weighted by molar-refractivity contribution is 0.328. The Morgan fingerprint density at radius 2 is 1.81 bits per heavy atom. The molecule has 0 bridgehead atoms. The van der Waals surface area contributed by atoms with Crippen molar-refractivity contribution in [2.75, 3.05) is 6.67 Å². The van der Waals surface area contributed by atoms with E-state index in [0.717, 1.165) is 24.3 Å². The Morgan fingerprint density at radius 3 is 2.43 bits per heavy atom. The second-order valence-electron chi connectivity index (χ2n) is 5.99. The average molecular weight is 285 g/mol. The zero-order valence-corrected chi connectivity index (χ0v) is 12.6. The van der Waals surface area contributed by atoms with Gasteiger partial charge in [-0.15, -0.1) is 0 Å². The first-order valence-electron chi connectivity index (χ1n) is 8.04. The molecule has 1 aromatic rings. The van der Waals surface area contributed by atoms with E-state index in [4.69, 9.17) is 5.26 Å². The van der Waals surface area contributed by atoms with Gasteiger partial charge in [0.25, 0.3) is 0 Å². The molecular weight excluding hydrogens is 261 g/mol. The number of unbranched alkanes of at least 4 members (excludes halogenated alkanes) is 1. The maximum atomic E-state index is 12.0. The van der Waals surface area contributed by atoms with Gasteiger partial charge in [0.05, 0.1) is 18.3 Å². The topological polar surface area (TPSA) is 23.8 Å².